The summed E-state index contributed by atoms with van der Waals surface area (Å²) in [6.07, 6.45) is 2.92. The zero-order valence-electron chi connectivity index (χ0n) is 11.8. The summed E-state index contributed by atoms with van der Waals surface area (Å²) in [5, 5.41) is 3.10. The molecule has 2 unspecified atom stereocenters. The first-order chi connectivity index (χ1) is 9.76. The first-order valence-electron chi connectivity index (χ1n) is 7.17. The van der Waals surface area contributed by atoms with Gasteiger partial charge in [0.15, 0.2) is 10.8 Å². The summed E-state index contributed by atoms with van der Waals surface area (Å²) in [6.45, 7) is 6.25. The van der Waals surface area contributed by atoms with Crippen molar-refractivity contribution in [3.8, 4) is 10.8 Å². The summed E-state index contributed by atoms with van der Waals surface area (Å²) >= 11 is 1.65. The van der Waals surface area contributed by atoms with Gasteiger partial charge in [0.25, 0.3) is 0 Å². The van der Waals surface area contributed by atoms with E-state index in [1.807, 2.05) is 12.1 Å². The number of nitrogens with zero attached hydrogens (tertiary/aromatic N) is 2. The fourth-order valence-electron chi connectivity index (χ4n) is 2.80. The summed E-state index contributed by atoms with van der Waals surface area (Å²) in [5.74, 6) is 2.21. The fourth-order valence-corrected chi connectivity index (χ4v) is 3.57. The van der Waals surface area contributed by atoms with Crippen molar-refractivity contribution in [2.24, 2.45) is 17.6 Å². The van der Waals surface area contributed by atoms with E-state index in [0.717, 1.165) is 48.6 Å². The van der Waals surface area contributed by atoms with E-state index in [4.69, 9.17) is 10.2 Å². The topological polar surface area (TPSA) is 55.3 Å². The van der Waals surface area contributed by atoms with Crippen molar-refractivity contribution >= 4 is 11.3 Å². The van der Waals surface area contributed by atoms with Crippen molar-refractivity contribution in [1.82, 2.24) is 9.88 Å². The van der Waals surface area contributed by atoms with Crippen molar-refractivity contribution < 1.29 is 4.42 Å². The molecule has 0 amide bonds. The lowest BCUT2D eigenvalue weighted by molar-refractivity contribution is 0.125. The highest BCUT2D eigenvalue weighted by Gasteiger charge is 2.25. The minimum absolute atomic E-state index is 0.618. The van der Waals surface area contributed by atoms with Gasteiger partial charge in [0.2, 0.25) is 0 Å². The maximum absolute atomic E-state index is 5.86. The molecule has 0 saturated carbocycles. The summed E-state index contributed by atoms with van der Waals surface area (Å²) in [4.78, 5) is 7.14. The van der Waals surface area contributed by atoms with Crippen LogP contribution in [-0.2, 0) is 6.54 Å². The lowest BCUT2D eigenvalue weighted by atomic mass is 9.87. The first-order valence-corrected chi connectivity index (χ1v) is 8.05. The van der Waals surface area contributed by atoms with Gasteiger partial charge in [-0.05, 0) is 43.5 Å². The van der Waals surface area contributed by atoms with Gasteiger partial charge < -0.3 is 10.2 Å². The van der Waals surface area contributed by atoms with Crippen molar-refractivity contribution in [3.63, 3.8) is 0 Å². The van der Waals surface area contributed by atoms with Crippen LogP contribution in [0.5, 0.6) is 0 Å². The van der Waals surface area contributed by atoms with Crippen molar-refractivity contribution in [1.29, 1.82) is 0 Å². The SMILES string of the molecule is CC1CCN(Cc2csc(-c3ccco3)n2)CC1CN. The van der Waals surface area contributed by atoms with Crippen LogP contribution in [-0.4, -0.2) is 29.5 Å². The largest absolute Gasteiger partial charge is 0.462 e. The molecule has 4 nitrogen and oxygen atoms in total. The zero-order chi connectivity index (χ0) is 13.9. The number of hydrogen-bond donors (Lipinski definition) is 1. The number of furan rings is 1. The first kappa shape index (κ1) is 13.8. The van der Waals surface area contributed by atoms with E-state index in [1.165, 1.54) is 6.42 Å². The molecule has 2 aromatic rings. The number of hydrogen-bond acceptors (Lipinski definition) is 5. The smallest absolute Gasteiger partial charge is 0.162 e. The summed E-state index contributed by atoms with van der Waals surface area (Å²) in [6, 6.07) is 3.85. The van der Waals surface area contributed by atoms with E-state index in [9.17, 15) is 0 Å². The predicted molar refractivity (Wildman–Crippen MR) is 81.4 cm³/mol. The maximum Gasteiger partial charge on any atom is 0.162 e. The molecule has 0 radical (unpaired) electrons. The molecule has 3 heterocycles. The second-order valence-corrected chi connectivity index (χ2v) is 6.48. The van der Waals surface area contributed by atoms with Crippen LogP contribution in [0.3, 0.4) is 0 Å². The average Bonchev–Trinajstić information content (AvgIpc) is 3.11. The average molecular weight is 291 g/mol. The van der Waals surface area contributed by atoms with Gasteiger partial charge in [-0.1, -0.05) is 6.92 Å². The maximum atomic E-state index is 5.86. The van der Waals surface area contributed by atoms with Gasteiger partial charge in [-0.3, -0.25) is 4.90 Å². The minimum Gasteiger partial charge on any atom is -0.462 e. The molecule has 0 spiro atoms. The Bertz CT molecular complexity index is 537. The Labute approximate surface area is 123 Å². The molecule has 2 N–H and O–H groups in total. The molecule has 1 saturated heterocycles. The number of likely N-dealkylation sites (tertiary alicyclic amines) is 1. The van der Waals surface area contributed by atoms with Crippen LogP contribution in [0.1, 0.15) is 19.0 Å². The van der Waals surface area contributed by atoms with E-state index >= 15 is 0 Å². The van der Waals surface area contributed by atoms with Crippen LogP contribution in [0.2, 0.25) is 0 Å². The quantitative estimate of drug-likeness (QED) is 0.941. The highest BCUT2D eigenvalue weighted by molar-refractivity contribution is 7.13. The lowest BCUT2D eigenvalue weighted by Gasteiger charge is -2.36. The minimum atomic E-state index is 0.618. The van der Waals surface area contributed by atoms with E-state index in [-0.39, 0.29) is 0 Å². The van der Waals surface area contributed by atoms with Crippen LogP contribution < -0.4 is 5.73 Å². The molecule has 1 aliphatic rings. The van der Waals surface area contributed by atoms with Gasteiger partial charge in [-0.2, -0.15) is 0 Å². The predicted octanol–water partition coefficient (Wildman–Crippen LogP) is 2.82. The summed E-state index contributed by atoms with van der Waals surface area (Å²) in [7, 11) is 0. The number of piperidine rings is 1. The second kappa shape index (κ2) is 6.08. The Morgan fingerprint density at radius 2 is 2.45 bits per heavy atom. The molecule has 0 aromatic carbocycles. The molecular weight excluding hydrogens is 270 g/mol. The van der Waals surface area contributed by atoms with Gasteiger partial charge in [-0.15, -0.1) is 11.3 Å². The highest BCUT2D eigenvalue weighted by Crippen LogP contribution is 2.27. The lowest BCUT2D eigenvalue weighted by Crippen LogP contribution is -2.42. The standard InChI is InChI=1S/C15H21N3OS/c1-11-4-5-18(8-12(11)7-16)9-13-10-20-15(17-13)14-3-2-6-19-14/h2-3,6,10-12H,4-5,7-9,16H2,1H3. The van der Waals surface area contributed by atoms with Crippen LogP contribution in [0.25, 0.3) is 10.8 Å². The zero-order valence-corrected chi connectivity index (χ0v) is 12.6. The molecule has 0 bridgehead atoms. The molecule has 108 valence electrons. The molecule has 5 heteroatoms. The normalized spacial score (nSPS) is 24.1. The Hall–Kier alpha value is -1.17. The highest BCUT2D eigenvalue weighted by atomic mass is 32.1. The van der Waals surface area contributed by atoms with E-state index in [2.05, 4.69) is 22.2 Å². The molecule has 2 aromatic heterocycles. The number of thiazole rings is 1. The van der Waals surface area contributed by atoms with E-state index < -0.39 is 0 Å². The van der Waals surface area contributed by atoms with Crippen LogP contribution in [0, 0.1) is 11.8 Å². The van der Waals surface area contributed by atoms with Gasteiger partial charge in [0.1, 0.15) is 0 Å². The van der Waals surface area contributed by atoms with Crippen molar-refractivity contribution in [2.45, 2.75) is 19.9 Å². The molecule has 2 atom stereocenters. The van der Waals surface area contributed by atoms with Gasteiger partial charge in [-0.25, -0.2) is 4.98 Å². The van der Waals surface area contributed by atoms with Gasteiger partial charge >= 0.3 is 0 Å². The summed E-state index contributed by atoms with van der Waals surface area (Å²) in [5.41, 5.74) is 7.00. The molecule has 0 aliphatic carbocycles. The van der Waals surface area contributed by atoms with Crippen LogP contribution in [0.15, 0.2) is 28.2 Å². The summed E-state index contributed by atoms with van der Waals surface area (Å²) < 4.78 is 5.39. The van der Waals surface area contributed by atoms with Gasteiger partial charge in [0.05, 0.1) is 12.0 Å². The number of nitrogens with two attached hydrogens (primary N) is 1. The molecule has 3 rings (SSSR count). The van der Waals surface area contributed by atoms with Crippen LogP contribution in [0.4, 0.5) is 0 Å². The monoisotopic (exact) mass is 291 g/mol. The Morgan fingerprint density at radius 3 is 3.20 bits per heavy atom. The number of rotatable bonds is 4. The van der Waals surface area contributed by atoms with Gasteiger partial charge in [0, 0.05) is 18.5 Å². The van der Waals surface area contributed by atoms with E-state index in [0.29, 0.717) is 5.92 Å². The van der Waals surface area contributed by atoms with E-state index in [1.54, 1.807) is 17.6 Å². The molecule has 1 fully saturated rings. The Balaban J connectivity index is 1.64. The van der Waals surface area contributed by atoms with Crippen molar-refractivity contribution in [3.05, 3.63) is 29.5 Å². The third-order valence-electron chi connectivity index (χ3n) is 4.17. The third-order valence-corrected chi connectivity index (χ3v) is 5.08. The third kappa shape index (κ3) is 2.95. The Morgan fingerprint density at radius 1 is 1.55 bits per heavy atom. The second-order valence-electron chi connectivity index (χ2n) is 5.62. The Kier molecular flexibility index (Phi) is 4.19. The molecule has 20 heavy (non-hydrogen) atoms. The van der Waals surface area contributed by atoms with Crippen molar-refractivity contribution in [2.75, 3.05) is 19.6 Å². The molecule has 1 aliphatic heterocycles. The molecular formula is C15H21N3OS. The fraction of sp³-hybridized carbons (Fsp3) is 0.533. The van der Waals surface area contributed by atoms with Crippen LogP contribution >= 0.6 is 11.3 Å². The number of aromatic nitrogens is 1.